The fourth-order valence-corrected chi connectivity index (χ4v) is 2.36. The van der Waals surface area contributed by atoms with Crippen LogP contribution in [0.2, 0.25) is 0 Å². The lowest BCUT2D eigenvalue weighted by Gasteiger charge is -2.23. The Morgan fingerprint density at radius 3 is 1.52 bits per heavy atom. The lowest BCUT2D eigenvalue weighted by Crippen LogP contribution is -2.36. The second kappa shape index (κ2) is 15.2. The summed E-state index contributed by atoms with van der Waals surface area (Å²) in [5.74, 6) is 0. The van der Waals surface area contributed by atoms with E-state index >= 15 is 0 Å². The summed E-state index contributed by atoms with van der Waals surface area (Å²) in [6.07, 6.45) is 6.27. The van der Waals surface area contributed by atoms with Crippen molar-refractivity contribution in [1.29, 1.82) is 0 Å². The molecule has 0 radical (unpaired) electrons. The summed E-state index contributed by atoms with van der Waals surface area (Å²) in [6, 6.07) is 0. The summed E-state index contributed by atoms with van der Waals surface area (Å²) in [4.78, 5) is 0. The fraction of sp³-hybridized carbons (Fsp3) is 1.00. The van der Waals surface area contributed by atoms with E-state index in [4.69, 9.17) is 0 Å². The van der Waals surface area contributed by atoms with Gasteiger partial charge in [-0.25, -0.2) is 0 Å². The highest BCUT2D eigenvalue weighted by molar-refractivity contribution is 9.09. The van der Waals surface area contributed by atoms with Gasteiger partial charge >= 0.3 is 0 Å². The summed E-state index contributed by atoms with van der Waals surface area (Å²) in [5, 5.41) is 11.6. The smallest absolute Gasteiger partial charge is 0.0792 e. The molecule has 0 aromatic rings. The van der Waals surface area contributed by atoms with Crippen molar-refractivity contribution in [1.82, 2.24) is 16.0 Å². The maximum absolute atomic E-state index is 3.54. The lowest BCUT2D eigenvalue weighted by molar-refractivity contribution is -0.870. The van der Waals surface area contributed by atoms with Crippen molar-refractivity contribution in [2.75, 3.05) is 72.3 Å². The summed E-state index contributed by atoms with van der Waals surface area (Å²) in [5.41, 5.74) is 0. The standard InChI is InChI=1S/C16H38BrN4/c1-21(2,3)16-8-15-19-11-5-4-10-18-13-7-14-20-12-6-9-17/h18-20H,4-16H2,1-3H3/q+1. The molecule has 0 rings (SSSR count). The molecule has 4 nitrogen and oxygen atoms in total. The van der Waals surface area contributed by atoms with Crippen LogP contribution in [0, 0.1) is 0 Å². The molecule has 0 fully saturated rings. The van der Waals surface area contributed by atoms with Gasteiger partial charge in [0, 0.05) is 18.3 Å². The van der Waals surface area contributed by atoms with Crippen molar-refractivity contribution in [3.63, 3.8) is 0 Å². The molecule has 0 aliphatic rings. The van der Waals surface area contributed by atoms with Crippen LogP contribution in [0.25, 0.3) is 0 Å². The van der Waals surface area contributed by atoms with Gasteiger partial charge in [-0.05, 0) is 58.4 Å². The Morgan fingerprint density at radius 1 is 0.619 bits per heavy atom. The number of rotatable bonds is 16. The minimum absolute atomic E-state index is 1.07. The van der Waals surface area contributed by atoms with Gasteiger partial charge in [-0.1, -0.05) is 15.9 Å². The van der Waals surface area contributed by atoms with E-state index in [0.717, 1.165) is 49.1 Å². The third-order valence-corrected chi connectivity index (χ3v) is 3.89. The first kappa shape index (κ1) is 21.3. The monoisotopic (exact) mass is 365 g/mol. The van der Waals surface area contributed by atoms with Crippen molar-refractivity contribution < 1.29 is 4.48 Å². The molecule has 128 valence electrons. The van der Waals surface area contributed by atoms with Gasteiger partial charge in [0.1, 0.15) is 0 Å². The molecule has 0 amide bonds. The van der Waals surface area contributed by atoms with Crippen molar-refractivity contribution in [2.45, 2.75) is 32.1 Å². The van der Waals surface area contributed by atoms with E-state index in [1.807, 2.05) is 0 Å². The van der Waals surface area contributed by atoms with Gasteiger partial charge in [0.2, 0.25) is 0 Å². The summed E-state index contributed by atoms with van der Waals surface area (Å²) in [6.45, 7) is 8.12. The first-order valence-corrected chi connectivity index (χ1v) is 9.67. The van der Waals surface area contributed by atoms with Gasteiger partial charge < -0.3 is 20.4 Å². The molecule has 0 aromatic heterocycles. The SMILES string of the molecule is C[N+](C)(C)CCCNCCCCNCCCNCCCBr. The van der Waals surface area contributed by atoms with Gasteiger partial charge in [0.15, 0.2) is 0 Å². The number of hydrogen-bond donors (Lipinski definition) is 3. The summed E-state index contributed by atoms with van der Waals surface area (Å²) in [7, 11) is 6.76. The number of hydrogen-bond acceptors (Lipinski definition) is 3. The Bertz CT molecular complexity index is 207. The van der Waals surface area contributed by atoms with Gasteiger partial charge in [-0.15, -0.1) is 0 Å². The molecule has 0 spiro atoms. The predicted molar refractivity (Wildman–Crippen MR) is 98.4 cm³/mol. The lowest BCUT2D eigenvalue weighted by atomic mass is 10.3. The second-order valence-electron chi connectivity index (χ2n) is 6.72. The predicted octanol–water partition coefficient (Wildman–Crippen LogP) is 1.81. The fourth-order valence-electron chi connectivity index (χ4n) is 2.08. The highest BCUT2D eigenvalue weighted by Crippen LogP contribution is 1.92. The van der Waals surface area contributed by atoms with Crippen LogP contribution in [0.3, 0.4) is 0 Å². The molecule has 0 aliphatic heterocycles. The van der Waals surface area contributed by atoms with E-state index in [0.29, 0.717) is 0 Å². The minimum atomic E-state index is 1.07. The molecule has 0 aliphatic carbocycles. The average Bonchev–Trinajstić information content (AvgIpc) is 2.42. The Labute approximate surface area is 141 Å². The third kappa shape index (κ3) is 20.3. The van der Waals surface area contributed by atoms with E-state index < -0.39 is 0 Å². The van der Waals surface area contributed by atoms with Gasteiger partial charge in [0.25, 0.3) is 0 Å². The number of alkyl halides is 1. The Kier molecular flexibility index (Phi) is 15.5. The van der Waals surface area contributed by atoms with E-state index in [1.165, 1.54) is 38.6 Å². The van der Waals surface area contributed by atoms with Crippen molar-refractivity contribution in [2.24, 2.45) is 0 Å². The highest BCUT2D eigenvalue weighted by Gasteiger charge is 2.04. The number of halogens is 1. The molecule has 0 saturated heterocycles. The van der Waals surface area contributed by atoms with E-state index in [1.54, 1.807) is 0 Å². The van der Waals surface area contributed by atoms with Crippen LogP contribution < -0.4 is 16.0 Å². The Morgan fingerprint density at radius 2 is 1.05 bits per heavy atom. The second-order valence-corrected chi connectivity index (χ2v) is 7.51. The number of nitrogens with one attached hydrogen (secondary N) is 3. The van der Waals surface area contributed by atoms with Crippen LogP contribution in [0.5, 0.6) is 0 Å². The summed E-state index contributed by atoms with van der Waals surface area (Å²) < 4.78 is 1.07. The average molecular weight is 366 g/mol. The van der Waals surface area contributed by atoms with Crippen LogP contribution in [-0.2, 0) is 0 Å². The Balaban J connectivity index is 3.00. The Hall–Kier alpha value is 0.320. The van der Waals surface area contributed by atoms with Crippen LogP contribution in [0.1, 0.15) is 32.1 Å². The van der Waals surface area contributed by atoms with Crippen molar-refractivity contribution in [3.05, 3.63) is 0 Å². The van der Waals surface area contributed by atoms with Crippen molar-refractivity contribution in [3.8, 4) is 0 Å². The summed E-state index contributed by atoms with van der Waals surface area (Å²) >= 11 is 3.44. The molecule has 0 atom stereocenters. The number of quaternary nitrogens is 1. The zero-order valence-corrected chi connectivity index (χ0v) is 16.1. The molecule has 0 saturated carbocycles. The zero-order chi connectivity index (χ0) is 15.8. The van der Waals surface area contributed by atoms with Crippen LogP contribution >= 0.6 is 15.9 Å². The molecule has 0 bridgehead atoms. The third-order valence-electron chi connectivity index (χ3n) is 3.33. The molecule has 0 unspecified atom stereocenters. The maximum atomic E-state index is 3.54. The van der Waals surface area contributed by atoms with Gasteiger partial charge in [-0.2, -0.15) is 0 Å². The number of unbranched alkanes of at least 4 members (excludes halogenated alkanes) is 1. The topological polar surface area (TPSA) is 36.1 Å². The maximum Gasteiger partial charge on any atom is 0.0792 e. The number of nitrogens with zero attached hydrogens (tertiary/aromatic N) is 1. The highest BCUT2D eigenvalue weighted by atomic mass is 79.9. The largest absolute Gasteiger partial charge is 0.331 e. The van der Waals surface area contributed by atoms with Crippen LogP contribution in [0.4, 0.5) is 0 Å². The molecule has 3 N–H and O–H groups in total. The van der Waals surface area contributed by atoms with Crippen molar-refractivity contribution >= 4 is 15.9 Å². The molecular formula is C16H38BrN4+. The molecule has 5 heteroatoms. The normalized spacial score (nSPS) is 12.0. The van der Waals surface area contributed by atoms with Gasteiger partial charge in [-0.3, -0.25) is 0 Å². The molecule has 0 aromatic carbocycles. The van der Waals surface area contributed by atoms with Gasteiger partial charge in [0.05, 0.1) is 27.7 Å². The zero-order valence-electron chi connectivity index (χ0n) is 14.5. The first-order valence-electron chi connectivity index (χ1n) is 8.55. The molecule has 21 heavy (non-hydrogen) atoms. The van der Waals surface area contributed by atoms with Crippen LogP contribution in [0.15, 0.2) is 0 Å². The molecular weight excluding hydrogens is 328 g/mol. The van der Waals surface area contributed by atoms with E-state index in [9.17, 15) is 0 Å². The molecule has 0 heterocycles. The minimum Gasteiger partial charge on any atom is -0.331 e. The van der Waals surface area contributed by atoms with E-state index in [2.05, 4.69) is 53.0 Å². The van der Waals surface area contributed by atoms with Crippen LogP contribution in [-0.4, -0.2) is 76.8 Å². The van der Waals surface area contributed by atoms with E-state index in [-0.39, 0.29) is 0 Å². The quantitative estimate of drug-likeness (QED) is 0.222. The first-order chi connectivity index (χ1) is 10.1.